The second kappa shape index (κ2) is 15.4. The standard InChI is InChI=1S/C47H55NO3/c1-34-10-9-26-46(2)44(23-27-47(46,51)33-48-28-24-36(25-29-48)30-35-11-5-3-6-12-35)42-22-16-37(31-41(49)21-15-34)32-43(42)45(50)40-19-17-39(18-20-40)38-13-7-4-8-14-38/h3-8,10-14,16-20,22,32,36,41,44,49,51H,9,15,21,23-31,33H2,1-2H3/t41-,44-,46-,47+/m0/s1. The van der Waals surface area contributed by atoms with Gasteiger partial charge in [0.25, 0.3) is 0 Å². The molecule has 2 bridgehead atoms. The Labute approximate surface area is 305 Å². The third-order valence-electron chi connectivity index (χ3n) is 12.7. The van der Waals surface area contributed by atoms with Gasteiger partial charge >= 0.3 is 0 Å². The van der Waals surface area contributed by atoms with Gasteiger partial charge in [-0.25, -0.2) is 0 Å². The molecule has 3 aliphatic carbocycles. The van der Waals surface area contributed by atoms with E-state index in [0.29, 0.717) is 30.9 Å². The highest BCUT2D eigenvalue weighted by atomic mass is 16.3. The van der Waals surface area contributed by atoms with Crippen LogP contribution in [0.5, 0.6) is 0 Å². The van der Waals surface area contributed by atoms with E-state index in [0.717, 1.165) is 92.3 Å². The number of benzene rings is 4. The number of hydrogen-bond acceptors (Lipinski definition) is 4. The minimum absolute atomic E-state index is 0.0158. The fourth-order valence-corrected chi connectivity index (χ4v) is 9.46. The lowest BCUT2D eigenvalue weighted by atomic mass is 9.64. The van der Waals surface area contributed by atoms with Crippen molar-refractivity contribution in [3.05, 3.63) is 143 Å². The summed E-state index contributed by atoms with van der Waals surface area (Å²) in [5, 5.41) is 23.9. The molecule has 0 amide bonds. The smallest absolute Gasteiger partial charge is 0.193 e. The summed E-state index contributed by atoms with van der Waals surface area (Å²) >= 11 is 0. The average Bonchev–Trinajstić information content (AvgIpc) is 3.40. The molecule has 1 aliphatic heterocycles. The Balaban J connectivity index is 1.18. The van der Waals surface area contributed by atoms with Gasteiger partial charge in [0.1, 0.15) is 0 Å². The first-order valence-electron chi connectivity index (χ1n) is 19.4. The molecule has 4 aromatic carbocycles. The Hall–Kier alpha value is -3.83. The van der Waals surface area contributed by atoms with Crippen LogP contribution in [0.15, 0.2) is 115 Å². The molecule has 0 spiro atoms. The molecular weight excluding hydrogens is 627 g/mol. The Morgan fingerprint density at radius 2 is 1.51 bits per heavy atom. The molecule has 8 rings (SSSR count). The number of β-amino-alcohol motifs (C(OH)–C–C–N with tert-alkyl or cyclic N) is 1. The number of fused-ring (bicyclic) bond motifs is 8. The van der Waals surface area contributed by atoms with Crippen LogP contribution < -0.4 is 0 Å². The van der Waals surface area contributed by atoms with Gasteiger partial charge in [0.05, 0.1) is 11.7 Å². The van der Waals surface area contributed by atoms with Crippen LogP contribution in [0.3, 0.4) is 0 Å². The van der Waals surface area contributed by atoms with Crippen LogP contribution in [0, 0.1) is 11.3 Å². The number of carbonyl (C=O) groups is 1. The first-order chi connectivity index (χ1) is 24.7. The molecule has 0 unspecified atom stereocenters. The Bertz CT molecular complexity index is 1810. The molecule has 4 aromatic rings. The molecule has 4 aliphatic rings. The van der Waals surface area contributed by atoms with E-state index in [4.69, 9.17) is 0 Å². The van der Waals surface area contributed by atoms with Gasteiger partial charge in [0, 0.05) is 23.1 Å². The molecule has 4 heteroatoms. The maximum Gasteiger partial charge on any atom is 0.193 e. The zero-order valence-corrected chi connectivity index (χ0v) is 30.6. The van der Waals surface area contributed by atoms with E-state index in [2.05, 4.69) is 85.5 Å². The van der Waals surface area contributed by atoms with Crippen molar-refractivity contribution in [3.8, 4) is 11.1 Å². The number of aliphatic hydroxyl groups excluding tert-OH is 1. The van der Waals surface area contributed by atoms with Crippen molar-refractivity contribution in [2.45, 2.75) is 95.7 Å². The predicted molar refractivity (Wildman–Crippen MR) is 208 cm³/mol. The van der Waals surface area contributed by atoms with E-state index < -0.39 is 17.1 Å². The van der Waals surface area contributed by atoms with E-state index in [-0.39, 0.29) is 11.7 Å². The number of piperidine rings is 1. The van der Waals surface area contributed by atoms with E-state index in [1.165, 1.54) is 11.1 Å². The molecule has 266 valence electrons. The highest BCUT2D eigenvalue weighted by molar-refractivity contribution is 6.10. The second-order valence-electron chi connectivity index (χ2n) is 16.1. The largest absolute Gasteiger partial charge is 0.393 e. The van der Waals surface area contributed by atoms with Crippen molar-refractivity contribution in [3.63, 3.8) is 0 Å². The lowest BCUT2D eigenvalue weighted by Gasteiger charge is -2.47. The molecule has 0 aromatic heterocycles. The maximum absolute atomic E-state index is 14.6. The maximum atomic E-state index is 14.6. The van der Waals surface area contributed by atoms with Crippen LogP contribution in [0.25, 0.3) is 11.1 Å². The first-order valence-corrected chi connectivity index (χ1v) is 19.4. The summed E-state index contributed by atoms with van der Waals surface area (Å²) < 4.78 is 0. The summed E-state index contributed by atoms with van der Waals surface area (Å²) in [6, 6.07) is 35.4. The number of likely N-dealkylation sites (tertiary alicyclic amines) is 1. The van der Waals surface area contributed by atoms with Crippen LogP contribution in [-0.4, -0.2) is 52.2 Å². The topological polar surface area (TPSA) is 60.8 Å². The Kier molecular flexibility index (Phi) is 10.8. The normalized spacial score (nSPS) is 26.3. The van der Waals surface area contributed by atoms with Gasteiger partial charge in [-0.1, -0.05) is 116 Å². The number of carbonyl (C=O) groups excluding carboxylic acids is 1. The minimum Gasteiger partial charge on any atom is -0.393 e. The van der Waals surface area contributed by atoms with Crippen LogP contribution >= 0.6 is 0 Å². The Morgan fingerprint density at radius 1 is 0.824 bits per heavy atom. The molecule has 1 saturated carbocycles. The number of hydrogen-bond donors (Lipinski definition) is 2. The Morgan fingerprint density at radius 3 is 2.24 bits per heavy atom. The summed E-state index contributed by atoms with van der Waals surface area (Å²) in [6.45, 7) is 7.18. The molecule has 4 atom stereocenters. The number of nitrogens with zero attached hydrogens (tertiary/aromatic N) is 1. The minimum atomic E-state index is -0.866. The highest BCUT2D eigenvalue weighted by Crippen LogP contribution is 2.59. The molecule has 2 fully saturated rings. The van der Waals surface area contributed by atoms with Gasteiger partial charge in [-0.2, -0.15) is 0 Å². The molecule has 1 saturated heterocycles. The van der Waals surface area contributed by atoms with Crippen molar-refractivity contribution < 1.29 is 15.0 Å². The van der Waals surface area contributed by atoms with Crippen LogP contribution in [-0.2, 0) is 12.8 Å². The number of allylic oxidation sites excluding steroid dienone is 2. The summed E-state index contributed by atoms with van der Waals surface area (Å²) in [5.41, 5.74) is 7.07. The van der Waals surface area contributed by atoms with E-state index in [1.807, 2.05) is 42.5 Å². The van der Waals surface area contributed by atoms with Crippen molar-refractivity contribution in [2.24, 2.45) is 11.3 Å². The number of rotatable bonds is 7. The summed E-state index contributed by atoms with van der Waals surface area (Å²) in [6.07, 6.45) is 10.7. The van der Waals surface area contributed by atoms with Gasteiger partial charge < -0.3 is 15.1 Å². The SMILES string of the molecule is CC1=CCC[C@@]2(C)[C@@H](CC[C@@]2(O)CN2CCC(Cc3ccccc3)CC2)c2ccc(cc2C(=O)c2ccc(-c3ccccc3)cc2)C[C@@H](O)CC1. The summed E-state index contributed by atoms with van der Waals surface area (Å²) in [4.78, 5) is 17.1. The molecule has 0 radical (unpaired) electrons. The molecule has 2 N–H and O–H groups in total. The lowest BCUT2D eigenvalue weighted by Crippen LogP contribution is -2.53. The molecule has 51 heavy (non-hydrogen) atoms. The van der Waals surface area contributed by atoms with Gasteiger partial charge in [0.15, 0.2) is 5.78 Å². The zero-order valence-electron chi connectivity index (χ0n) is 30.6. The van der Waals surface area contributed by atoms with Crippen LogP contribution in [0.2, 0.25) is 0 Å². The van der Waals surface area contributed by atoms with Crippen molar-refractivity contribution in [1.82, 2.24) is 4.90 Å². The van der Waals surface area contributed by atoms with Crippen molar-refractivity contribution >= 4 is 5.78 Å². The highest BCUT2D eigenvalue weighted by Gasteiger charge is 2.57. The van der Waals surface area contributed by atoms with Gasteiger partial charge in [-0.15, -0.1) is 0 Å². The fourth-order valence-electron chi connectivity index (χ4n) is 9.46. The average molecular weight is 682 g/mol. The summed E-state index contributed by atoms with van der Waals surface area (Å²) in [5.74, 6) is 0.735. The molecular formula is C47H55NO3. The molecule has 1 heterocycles. The first kappa shape index (κ1) is 35.6. The molecule has 4 nitrogen and oxygen atoms in total. The third kappa shape index (κ3) is 7.84. The van der Waals surface area contributed by atoms with E-state index in [9.17, 15) is 15.0 Å². The van der Waals surface area contributed by atoms with Gasteiger partial charge in [0.2, 0.25) is 0 Å². The lowest BCUT2D eigenvalue weighted by molar-refractivity contribution is -0.0873. The van der Waals surface area contributed by atoms with Crippen LogP contribution in [0.1, 0.15) is 104 Å². The zero-order chi connectivity index (χ0) is 35.4. The predicted octanol–water partition coefficient (Wildman–Crippen LogP) is 9.58. The van der Waals surface area contributed by atoms with E-state index >= 15 is 0 Å². The summed E-state index contributed by atoms with van der Waals surface area (Å²) in [7, 11) is 0. The van der Waals surface area contributed by atoms with Crippen LogP contribution in [0.4, 0.5) is 0 Å². The second-order valence-corrected chi connectivity index (χ2v) is 16.1. The number of aliphatic hydroxyl groups is 2. The van der Waals surface area contributed by atoms with Crippen molar-refractivity contribution in [1.29, 1.82) is 0 Å². The van der Waals surface area contributed by atoms with Crippen molar-refractivity contribution in [2.75, 3.05) is 19.6 Å². The third-order valence-corrected chi connectivity index (χ3v) is 12.7. The van der Waals surface area contributed by atoms with Gasteiger partial charge in [-0.3, -0.25) is 4.79 Å². The van der Waals surface area contributed by atoms with Gasteiger partial charge in [-0.05, 0) is 130 Å². The van der Waals surface area contributed by atoms with E-state index in [1.54, 1.807) is 0 Å². The monoisotopic (exact) mass is 681 g/mol. The quantitative estimate of drug-likeness (QED) is 0.151. The fraction of sp³-hybridized carbons (Fsp3) is 0.426. The number of ketones is 1.